The maximum Gasteiger partial charge on any atom is 0.408 e. The largest absolute Gasteiger partial charge is 0.443 e. The number of ether oxygens (including phenoxy) is 1. The van der Waals surface area contributed by atoms with Crippen LogP contribution in [0.25, 0.3) is 0 Å². The van der Waals surface area contributed by atoms with Crippen LogP contribution in [-0.2, 0) is 36.8 Å². The van der Waals surface area contributed by atoms with E-state index in [1.807, 2.05) is 12.1 Å². The molecule has 0 spiro atoms. The van der Waals surface area contributed by atoms with Gasteiger partial charge in [0, 0.05) is 13.1 Å². The fraction of sp³-hybridized carbons (Fsp3) is 0.625. The van der Waals surface area contributed by atoms with Gasteiger partial charge in [-0.25, -0.2) is 4.79 Å². The third kappa shape index (κ3) is 6.39. The second kappa shape index (κ2) is 13.3. The number of hydrogen-bond acceptors (Lipinski definition) is 6. The number of hydrogen-bond donors (Lipinski definition) is 3. The highest BCUT2D eigenvalue weighted by molar-refractivity contribution is 6.38. The third-order valence-corrected chi connectivity index (χ3v) is 13.1. The molecule has 10 nitrogen and oxygen atoms in total. The fourth-order valence-corrected chi connectivity index (χ4v) is 10.9. The van der Waals surface area contributed by atoms with Crippen molar-refractivity contribution < 1.29 is 28.7 Å². The molecule has 268 valence electrons. The predicted molar refractivity (Wildman–Crippen MR) is 187 cm³/mol. The maximum atomic E-state index is 14.8. The van der Waals surface area contributed by atoms with E-state index in [-0.39, 0.29) is 42.0 Å². The first kappa shape index (κ1) is 34.5. The molecule has 3 unspecified atom stereocenters. The molecule has 5 saturated carbocycles. The number of ketones is 1. The molecule has 1 aromatic carbocycles. The summed E-state index contributed by atoms with van der Waals surface area (Å²) >= 11 is 0. The van der Waals surface area contributed by atoms with Crippen molar-refractivity contribution in [2.45, 2.75) is 102 Å². The van der Waals surface area contributed by atoms with Crippen molar-refractivity contribution in [1.82, 2.24) is 20.9 Å². The first-order valence-corrected chi connectivity index (χ1v) is 18.6. The number of amides is 4. The Labute approximate surface area is 295 Å². The highest BCUT2D eigenvalue weighted by atomic mass is 16.6. The Hall–Kier alpha value is -3.95. The Morgan fingerprint density at radius 3 is 2.14 bits per heavy atom. The minimum atomic E-state index is -1.07. The van der Waals surface area contributed by atoms with E-state index in [1.54, 1.807) is 11.0 Å². The summed E-state index contributed by atoms with van der Waals surface area (Å²) < 4.78 is 6.35. The van der Waals surface area contributed by atoms with Gasteiger partial charge in [-0.05, 0) is 116 Å². The molecular weight excluding hydrogens is 632 g/mol. The van der Waals surface area contributed by atoms with Gasteiger partial charge in [0.25, 0.3) is 5.91 Å². The Balaban J connectivity index is 1.12. The zero-order valence-corrected chi connectivity index (χ0v) is 29.5. The molecule has 1 aliphatic heterocycles. The molecule has 6 fully saturated rings. The van der Waals surface area contributed by atoms with Crippen LogP contribution >= 0.6 is 0 Å². The van der Waals surface area contributed by atoms with Crippen LogP contribution in [0.15, 0.2) is 49.6 Å². The summed E-state index contributed by atoms with van der Waals surface area (Å²) in [6, 6.07) is 5.32. The van der Waals surface area contributed by atoms with E-state index in [1.165, 1.54) is 25.3 Å². The Morgan fingerprint density at radius 1 is 0.940 bits per heavy atom. The van der Waals surface area contributed by atoms with E-state index in [9.17, 15) is 24.0 Å². The van der Waals surface area contributed by atoms with Crippen LogP contribution in [0.3, 0.4) is 0 Å². The Bertz CT molecular complexity index is 1520. The summed E-state index contributed by atoms with van der Waals surface area (Å²) in [4.78, 5) is 70.3. The SMILES string of the molecule is C=CCCC(NC(=O)[C@@H]1C2C(CN1C(=O)[C@@H](NC(=O)OC13CC4CC(CC(C4)C1)C3)C1Cc3ccccc3C1)C2(C)C)C(=O)C(=O)NCC=C. The van der Waals surface area contributed by atoms with Crippen LogP contribution in [0.5, 0.6) is 0 Å². The van der Waals surface area contributed by atoms with E-state index in [0.717, 1.165) is 30.4 Å². The summed E-state index contributed by atoms with van der Waals surface area (Å²) in [5.41, 5.74) is 1.68. The van der Waals surface area contributed by atoms with Crippen molar-refractivity contribution in [2.24, 2.45) is 40.9 Å². The summed E-state index contributed by atoms with van der Waals surface area (Å²) in [5.74, 6) is -0.720. The zero-order chi connectivity index (χ0) is 35.4. The molecule has 1 heterocycles. The number of piperidine rings is 1. The zero-order valence-electron chi connectivity index (χ0n) is 29.5. The van der Waals surface area contributed by atoms with Gasteiger partial charge in [0.1, 0.15) is 17.7 Å². The van der Waals surface area contributed by atoms with Gasteiger partial charge in [0.05, 0.1) is 6.04 Å². The van der Waals surface area contributed by atoms with E-state index in [4.69, 9.17) is 4.74 Å². The van der Waals surface area contributed by atoms with Crippen molar-refractivity contribution in [3.63, 3.8) is 0 Å². The van der Waals surface area contributed by atoms with Crippen LogP contribution in [0.1, 0.15) is 76.3 Å². The number of nitrogens with zero attached hydrogens (tertiary/aromatic N) is 1. The molecule has 4 bridgehead atoms. The van der Waals surface area contributed by atoms with Gasteiger partial charge in [-0.15, -0.1) is 13.2 Å². The van der Waals surface area contributed by atoms with Crippen molar-refractivity contribution in [3.8, 4) is 0 Å². The van der Waals surface area contributed by atoms with Crippen molar-refractivity contribution >= 4 is 29.6 Å². The van der Waals surface area contributed by atoms with E-state index in [0.29, 0.717) is 43.6 Å². The monoisotopic (exact) mass is 684 g/mol. The van der Waals surface area contributed by atoms with E-state index in [2.05, 4.69) is 55.1 Å². The van der Waals surface area contributed by atoms with Crippen molar-refractivity contribution in [2.75, 3.05) is 13.1 Å². The first-order chi connectivity index (χ1) is 23.9. The number of carbonyl (C=O) groups is 5. The van der Waals surface area contributed by atoms with Gasteiger partial charge in [0.2, 0.25) is 17.6 Å². The topological polar surface area (TPSA) is 134 Å². The lowest BCUT2D eigenvalue weighted by Gasteiger charge is -2.55. The van der Waals surface area contributed by atoms with Gasteiger partial charge in [-0.1, -0.05) is 50.3 Å². The number of allylic oxidation sites excluding steroid dienone is 1. The fourth-order valence-electron chi connectivity index (χ4n) is 10.9. The maximum absolute atomic E-state index is 14.8. The normalized spacial score (nSPS) is 32.2. The van der Waals surface area contributed by atoms with Gasteiger partial charge >= 0.3 is 6.09 Å². The molecule has 1 aromatic rings. The quantitative estimate of drug-likeness (QED) is 0.210. The van der Waals surface area contributed by atoms with Crippen LogP contribution < -0.4 is 16.0 Å². The van der Waals surface area contributed by atoms with Crippen molar-refractivity contribution in [3.05, 3.63) is 60.7 Å². The van der Waals surface area contributed by atoms with Crippen LogP contribution in [0, 0.1) is 40.9 Å². The second-order valence-electron chi connectivity index (χ2n) is 16.7. The van der Waals surface area contributed by atoms with Crippen molar-refractivity contribution in [1.29, 1.82) is 0 Å². The highest BCUT2D eigenvalue weighted by Crippen LogP contribution is 2.65. The molecule has 0 aromatic heterocycles. The number of rotatable bonds is 13. The number of likely N-dealkylation sites (tertiary alicyclic amines) is 1. The van der Waals surface area contributed by atoms with Crippen LogP contribution in [0.4, 0.5) is 4.79 Å². The highest BCUT2D eigenvalue weighted by Gasteiger charge is 2.70. The molecule has 0 radical (unpaired) electrons. The average Bonchev–Trinajstić information content (AvgIpc) is 3.42. The lowest BCUT2D eigenvalue weighted by molar-refractivity contribution is -0.145. The molecule has 8 rings (SSSR count). The standard InChI is InChI=1S/C40H52N4O6/c1-5-7-12-30(34(45)36(47)41-13-6-2)42-35(46)33-31-29(39(31,3)4)22-44(33)37(48)32(28-17-26-10-8-9-11-27(26)18-28)43-38(49)50-40-19-23-14-24(20-40)16-25(15-23)21-40/h5-6,8-11,23-25,28-33H,1-2,7,12-22H2,3-4H3,(H,41,47)(H,42,46)(H,43,49)/t23?,24?,25?,29?,30?,31?,32-,33-,40?/m0/s1. The lowest BCUT2D eigenvalue weighted by atomic mass is 9.54. The molecule has 50 heavy (non-hydrogen) atoms. The molecule has 4 amide bonds. The number of carbonyl (C=O) groups excluding carboxylic acids is 5. The van der Waals surface area contributed by atoms with Gasteiger partial charge in [-0.2, -0.15) is 0 Å². The van der Waals surface area contributed by atoms with Crippen LogP contribution in [-0.4, -0.2) is 71.3 Å². The second-order valence-corrected chi connectivity index (χ2v) is 16.7. The minimum Gasteiger partial charge on any atom is -0.443 e. The third-order valence-electron chi connectivity index (χ3n) is 13.1. The molecule has 10 heteroatoms. The van der Waals surface area contributed by atoms with E-state index < -0.39 is 47.4 Å². The minimum absolute atomic E-state index is 0.0980. The van der Waals surface area contributed by atoms with Gasteiger partial charge in [0.15, 0.2) is 0 Å². The summed E-state index contributed by atoms with van der Waals surface area (Å²) in [6.45, 7) is 12.0. The molecule has 6 aliphatic carbocycles. The van der Waals surface area contributed by atoms with Gasteiger partial charge < -0.3 is 25.6 Å². The number of nitrogens with one attached hydrogen (secondary N) is 3. The van der Waals surface area contributed by atoms with Gasteiger partial charge in [-0.3, -0.25) is 19.2 Å². The molecule has 3 N–H and O–H groups in total. The van der Waals surface area contributed by atoms with Crippen LogP contribution in [0.2, 0.25) is 0 Å². The Kier molecular flexibility index (Phi) is 9.18. The first-order valence-electron chi connectivity index (χ1n) is 18.6. The lowest BCUT2D eigenvalue weighted by Crippen LogP contribution is -2.60. The molecular formula is C40H52N4O6. The summed E-state index contributed by atoms with van der Waals surface area (Å²) in [6.07, 6.45) is 10.8. The molecule has 5 atom stereocenters. The molecule has 7 aliphatic rings. The van der Waals surface area contributed by atoms with E-state index >= 15 is 0 Å². The number of alkyl carbamates (subject to hydrolysis) is 1. The summed E-state index contributed by atoms with van der Waals surface area (Å²) in [5, 5.41) is 8.42. The number of benzene rings is 1. The summed E-state index contributed by atoms with van der Waals surface area (Å²) in [7, 11) is 0. The number of Topliss-reactive ketones (excluding diaryl/α,β-unsaturated/α-hetero) is 1. The average molecular weight is 685 g/mol. The Morgan fingerprint density at radius 2 is 1.56 bits per heavy atom. The number of fused-ring (bicyclic) bond motifs is 2. The molecule has 1 saturated heterocycles. The smallest absolute Gasteiger partial charge is 0.408 e. The predicted octanol–water partition coefficient (Wildman–Crippen LogP) is 4.27.